The van der Waals surface area contributed by atoms with Crippen molar-refractivity contribution in [2.75, 3.05) is 13.1 Å². The Kier molecular flexibility index (Phi) is 4.42. The van der Waals surface area contributed by atoms with Gasteiger partial charge in [0.25, 0.3) is 5.91 Å². The number of likely N-dealkylation sites (tertiary alicyclic amines) is 1. The standard InChI is InChI=1S/C14H18ClIN2O/c1-14(2)8-18(6-5-12(14)17)13(19)10-7-9(16)3-4-11(10)15/h3-4,7,12H,5-6,8,17H2,1-2H3. The van der Waals surface area contributed by atoms with Crippen molar-refractivity contribution < 1.29 is 4.79 Å². The van der Waals surface area contributed by atoms with Crippen molar-refractivity contribution in [3.63, 3.8) is 0 Å². The fourth-order valence-electron chi connectivity index (χ4n) is 2.38. The lowest BCUT2D eigenvalue weighted by Gasteiger charge is -2.42. The Hall–Kier alpha value is -0.330. The van der Waals surface area contributed by atoms with Crippen LogP contribution in [0.5, 0.6) is 0 Å². The van der Waals surface area contributed by atoms with Gasteiger partial charge in [-0.15, -0.1) is 0 Å². The Morgan fingerprint density at radius 3 is 2.84 bits per heavy atom. The van der Waals surface area contributed by atoms with Gasteiger partial charge < -0.3 is 10.6 Å². The molecule has 1 aromatic carbocycles. The van der Waals surface area contributed by atoms with E-state index < -0.39 is 0 Å². The molecule has 0 radical (unpaired) electrons. The predicted octanol–water partition coefficient (Wildman–Crippen LogP) is 3.14. The molecule has 1 aliphatic rings. The monoisotopic (exact) mass is 392 g/mol. The molecule has 19 heavy (non-hydrogen) atoms. The maximum Gasteiger partial charge on any atom is 0.255 e. The van der Waals surface area contributed by atoms with Gasteiger partial charge in [0.05, 0.1) is 10.6 Å². The first-order chi connectivity index (χ1) is 8.81. The Morgan fingerprint density at radius 2 is 2.21 bits per heavy atom. The molecule has 1 atom stereocenters. The van der Waals surface area contributed by atoms with E-state index in [4.69, 9.17) is 17.3 Å². The van der Waals surface area contributed by atoms with Crippen LogP contribution in [-0.4, -0.2) is 29.9 Å². The summed E-state index contributed by atoms with van der Waals surface area (Å²) < 4.78 is 1.01. The maximum atomic E-state index is 12.6. The third-order valence-electron chi connectivity index (χ3n) is 3.76. The largest absolute Gasteiger partial charge is 0.338 e. The molecule has 0 aromatic heterocycles. The summed E-state index contributed by atoms with van der Waals surface area (Å²) in [5.74, 6) is 0.00323. The number of carbonyl (C=O) groups is 1. The van der Waals surface area contributed by atoms with E-state index in [1.807, 2.05) is 17.0 Å². The molecule has 0 bridgehead atoms. The zero-order valence-corrected chi connectivity index (χ0v) is 14.0. The summed E-state index contributed by atoms with van der Waals surface area (Å²) in [5, 5.41) is 0.512. The quantitative estimate of drug-likeness (QED) is 0.746. The molecule has 0 aliphatic carbocycles. The minimum Gasteiger partial charge on any atom is -0.338 e. The summed E-state index contributed by atoms with van der Waals surface area (Å²) in [6.45, 7) is 5.58. The summed E-state index contributed by atoms with van der Waals surface area (Å²) in [6.07, 6.45) is 0.834. The van der Waals surface area contributed by atoms with Gasteiger partial charge in [0.1, 0.15) is 0 Å². The van der Waals surface area contributed by atoms with E-state index in [0.717, 1.165) is 9.99 Å². The molecule has 1 amide bonds. The molecule has 1 heterocycles. The van der Waals surface area contributed by atoms with Crippen LogP contribution in [0.15, 0.2) is 18.2 Å². The molecule has 2 N–H and O–H groups in total. The number of carbonyl (C=O) groups excluding carboxylic acids is 1. The number of piperidine rings is 1. The average molecular weight is 393 g/mol. The van der Waals surface area contributed by atoms with Crippen molar-refractivity contribution >= 4 is 40.1 Å². The van der Waals surface area contributed by atoms with E-state index in [9.17, 15) is 4.79 Å². The molecule has 1 aromatic rings. The van der Waals surface area contributed by atoms with E-state index in [1.54, 1.807) is 6.07 Å². The average Bonchev–Trinajstić information content (AvgIpc) is 2.35. The number of amides is 1. The Bertz CT molecular complexity index is 504. The molecule has 2 rings (SSSR count). The van der Waals surface area contributed by atoms with Crippen LogP contribution in [0.1, 0.15) is 30.6 Å². The fraction of sp³-hybridized carbons (Fsp3) is 0.500. The summed E-state index contributed by atoms with van der Waals surface area (Å²) in [7, 11) is 0. The van der Waals surface area contributed by atoms with Crippen LogP contribution >= 0.6 is 34.2 Å². The van der Waals surface area contributed by atoms with Gasteiger partial charge in [0, 0.05) is 22.7 Å². The van der Waals surface area contributed by atoms with E-state index in [0.29, 0.717) is 23.7 Å². The topological polar surface area (TPSA) is 46.3 Å². The third-order valence-corrected chi connectivity index (χ3v) is 4.76. The minimum absolute atomic E-state index is 0.00323. The normalized spacial score (nSPS) is 22.4. The second kappa shape index (κ2) is 5.58. The third kappa shape index (κ3) is 3.23. The second-order valence-corrected chi connectivity index (χ2v) is 7.39. The van der Waals surface area contributed by atoms with E-state index in [2.05, 4.69) is 36.4 Å². The number of hydrogen-bond donors (Lipinski definition) is 1. The van der Waals surface area contributed by atoms with Gasteiger partial charge in [-0.3, -0.25) is 4.79 Å². The van der Waals surface area contributed by atoms with Crippen LogP contribution in [0.25, 0.3) is 0 Å². The number of benzene rings is 1. The summed E-state index contributed by atoms with van der Waals surface area (Å²) >= 11 is 8.32. The lowest BCUT2D eigenvalue weighted by Crippen LogP contribution is -2.54. The molecule has 3 nitrogen and oxygen atoms in total. The first-order valence-electron chi connectivity index (χ1n) is 6.31. The van der Waals surface area contributed by atoms with E-state index >= 15 is 0 Å². The van der Waals surface area contributed by atoms with Crippen LogP contribution in [0.4, 0.5) is 0 Å². The minimum atomic E-state index is -0.0533. The lowest BCUT2D eigenvalue weighted by atomic mass is 9.79. The van der Waals surface area contributed by atoms with Crippen LogP contribution in [0, 0.1) is 8.99 Å². The molecule has 5 heteroatoms. The number of nitrogens with two attached hydrogens (primary N) is 1. The first-order valence-corrected chi connectivity index (χ1v) is 7.77. The van der Waals surface area contributed by atoms with E-state index in [1.165, 1.54) is 0 Å². The van der Waals surface area contributed by atoms with Gasteiger partial charge in [-0.25, -0.2) is 0 Å². The molecular weight excluding hydrogens is 375 g/mol. The second-order valence-electron chi connectivity index (χ2n) is 5.73. The Balaban J connectivity index is 2.23. The van der Waals surface area contributed by atoms with Crippen molar-refractivity contribution in [3.8, 4) is 0 Å². The Morgan fingerprint density at radius 1 is 1.53 bits per heavy atom. The highest BCUT2D eigenvalue weighted by Crippen LogP contribution is 2.30. The van der Waals surface area contributed by atoms with Gasteiger partial charge >= 0.3 is 0 Å². The summed E-state index contributed by atoms with van der Waals surface area (Å²) in [6, 6.07) is 5.66. The molecule has 0 spiro atoms. The van der Waals surface area contributed by atoms with Crippen molar-refractivity contribution in [2.45, 2.75) is 26.3 Å². The van der Waals surface area contributed by atoms with Gasteiger partial charge in [-0.2, -0.15) is 0 Å². The van der Waals surface area contributed by atoms with Crippen LogP contribution in [0.3, 0.4) is 0 Å². The molecule has 0 saturated carbocycles. The lowest BCUT2D eigenvalue weighted by molar-refractivity contribution is 0.0533. The highest BCUT2D eigenvalue weighted by atomic mass is 127. The summed E-state index contributed by atoms with van der Waals surface area (Å²) in [5.41, 5.74) is 6.63. The van der Waals surface area contributed by atoms with Gasteiger partial charge in [0.2, 0.25) is 0 Å². The molecule has 1 aliphatic heterocycles. The van der Waals surface area contributed by atoms with Crippen LogP contribution in [0.2, 0.25) is 5.02 Å². The first kappa shape index (κ1) is 15.1. The molecule has 1 fully saturated rings. The van der Waals surface area contributed by atoms with E-state index in [-0.39, 0.29) is 17.4 Å². The van der Waals surface area contributed by atoms with Crippen molar-refractivity contribution in [1.82, 2.24) is 4.90 Å². The van der Waals surface area contributed by atoms with Gasteiger partial charge in [0.15, 0.2) is 0 Å². The van der Waals surface area contributed by atoms with Crippen LogP contribution < -0.4 is 5.73 Å². The van der Waals surface area contributed by atoms with Gasteiger partial charge in [-0.1, -0.05) is 25.4 Å². The number of rotatable bonds is 1. The zero-order valence-electron chi connectivity index (χ0n) is 11.1. The zero-order chi connectivity index (χ0) is 14.2. The summed E-state index contributed by atoms with van der Waals surface area (Å²) in [4.78, 5) is 14.4. The highest BCUT2D eigenvalue weighted by Gasteiger charge is 2.35. The number of hydrogen-bond acceptors (Lipinski definition) is 2. The smallest absolute Gasteiger partial charge is 0.255 e. The molecule has 1 unspecified atom stereocenters. The van der Waals surface area contributed by atoms with Crippen molar-refractivity contribution in [2.24, 2.45) is 11.1 Å². The molecule has 104 valence electrons. The molecule has 1 saturated heterocycles. The number of halogens is 2. The van der Waals surface area contributed by atoms with Crippen molar-refractivity contribution in [1.29, 1.82) is 0 Å². The van der Waals surface area contributed by atoms with Crippen LogP contribution in [-0.2, 0) is 0 Å². The SMILES string of the molecule is CC1(C)CN(C(=O)c2cc(I)ccc2Cl)CCC1N. The maximum absolute atomic E-state index is 12.6. The molecular formula is C14H18ClIN2O. The number of nitrogens with zero attached hydrogens (tertiary/aromatic N) is 1. The fourth-order valence-corrected chi connectivity index (χ4v) is 3.07. The highest BCUT2D eigenvalue weighted by molar-refractivity contribution is 14.1. The van der Waals surface area contributed by atoms with Crippen molar-refractivity contribution in [3.05, 3.63) is 32.4 Å². The predicted molar refractivity (Wildman–Crippen MR) is 86.4 cm³/mol. The van der Waals surface area contributed by atoms with Gasteiger partial charge in [-0.05, 0) is 52.6 Å². The Labute approximate surface area is 132 Å².